The van der Waals surface area contributed by atoms with Crippen molar-refractivity contribution in [3.8, 4) is 0 Å². The first kappa shape index (κ1) is 15.1. The topological polar surface area (TPSA) is 71.7 Å². The molecule has 112 valence electrons. The van der Waals surface area contributed by atoms with Crippen LogP contribution in [0, 0.1) is 0 Å². The third-order valence-electron chi connectivity index (χ3n) is 3.74. The lowest BCUT2D eigenvalue weighted by molar-refractivity contribution is 0.0528. The van der Waals surface area contributed by atoms with E-state index in [2.05, 4.69) is 21.2 Å². The van der Waals surface area contributed by atoms with E-state index in [1.165, 1.54) is 11.5 Å². The van der Waals surface area contributed by atoms with Gasteiger partial charge in [0.2, 0.25) is 0 Å². The average Bonchev–Trinajstić information content (AvgIpc) is 2.81. The van der Waals surface area contributed by atoms with E-state index in [9.17, 15) is 4.79 Å². The molecule has 0 amide bonds. The van der Waals surface area contributed by atoms with Crippen LogP contribution in [0.3, 0.4) is 0 Å². The molecule has 0 bridgehead atoms. The summed E-state index contributed by atoms with van der Waals surface area (Å²) < 4.78 is 9.19. The summed E-state index contributed by atoms with van der Waals surface area (Å²) in [6, 6.07) is 0.416. The fraction of sp³-hybridized carbons (Fsp3) is 0.692. The number of carbonyl (C=O) groups is 1. The van der Waals surface area contributed by atoms with Gasteiger partial charge in [0, 0.05) is 13.1 Å². The highest BCUT2D eigenvalue weighted by atomic mass is 32.1. The Morgan fingerprint density at radius 1 is 1.55 bits per heavy atom. The van der Waals surface area contributed by atoms with Crippen LogP contribution < -0.4 is 10.6 Å². The van der Waals surface area contributed by atoms with E-state index in [0.717, 1.165) is 30.9 Å². The lowest BCUT2D eigenvalue weighted by Gasteiger charge is -2.35. The van der Waals surface area contributed by atoms with E-state index in [1.807, 2.05) is 7.05 Å². The molecular weight excluding hydrogens is 276 g/mol. The maximum absolute atomic E-state index is 12.0. The van der Waals surface area contributed by atoms with Crippen molar-refractivity contribution < 1.29 is 9.53 Å². The number of esters is 1. The molecule has 6 nitrogen and oxygen atoms in total. The second kappa shape index (κ2) is 6.41. The van der Waals surface area contributed by atoms with Gasteiger partial charge < -0.3 is 20.3 Å². The molecular formula is C13H22N4O2S. The molecule has 1 aliphatic heterocycles. The minimum absolute atomic E-state index is 0.267. The molecule has 0 spiro atoms. The molecule has 1 saturated heterocycles. The number of nitrogens with two attached hydrogens (primary N) is 1. The Morgan fingerprint density at radius 2 is 2.20 bits per heavy atom. The molecule has 1 fully saturated rings. The minimum atomic E-state index is -0.381. The molecule has 2 heterocycles. The summed E-state index contributed by atoms with van der Waals surface area (Å²) in [6.45, 7) is 4.26. The van der Waals surface area contributed by atoms with Crippen molar-refractivity contribution in [3.05, 3.63) is 5.56 Å². The summed E-state index contributed by atoms with van der Waals surface area (Å²) >= 11 is 1.27. The third kappa shape index (κ3) is 3.04. The fourth-order valence-electron chi connectivity index (χ4n) is 2.48. The SMILES string of the molecule is CCOC(=O)c1c(N)nsc1N(C)C1CCN(C)CC1. The van der Waals surface area contributed by atoms with Gasteiger partial charge in [-0.1, -0.05) is 0 Å². The Labute approximate surface area is 123 Å². The fourth-order valence-corrected chi connectivity index (χ4v) is 3.31. The van der Waals surface area contributed by atoms with E-state index in [1.54, 1.807) is 6.92 Å². The molecule has 0 unspecified atom stereocenters. The van der Waals surface area contributed by atoms with E-state index in [0.29, 0.717) is 18.2 Å². The van der Waals surface area contributed by atoms with Crippen LogP contribution in [0.2, 0.25) is 0 Å². The number of likely N-dealkylation sites (tertiary alicyclic amines) is 1. The first-order valence-corrected chi connectivity index (χ1v) is 7.65. The summed E-state index contributed by atoms with van der Waals surface area (Å²) in [4.78, 5) is 16.5. The number of rotatable bonds is 4. The normalized spacial score (nSPS) is 17.1. The lowest BCUT2D eigenvalue weighted by atomic mass is 10.0. The predicted molar refractivity (Wildman–Crippen MR) is 81.4 cm³/mol. The molecule has 0 aliphatic carbocycles. The summed E-state index contributed by atoms with van der Waals surface area (Å²) in [5.41, 5.74) is 6.24. The van der Waals surface area contributed by atoms with Crippen molar-refractivity contribution in [3.63, 3.8) is 0 Å². The largest absolute Gasteiger partial charge is 0.462 e. The van der Waals surface area contributed by atoms with Gasteiger partial charge in [-0.05, 0) is 51.4 Å². The molecule has 0 saturated carbocycles. The molecule has 0 radical (unpaired) electrons. The smallest absolute Gasteiger partial charge is 0.345 e. The third-order valence-corrected chi connectivity index (χ3v) is 4.69. The number of hydrogen-bond acceptors (Lipinski definition) is 7. The molecule has 2 N–H and O–H groups in total. The van der Waals surface area contributed by atoms with Crippen LogP contribution in [0.1, 0.15) is 30.1 Å². The average molecular weight is 298 g/mol. The zero-order valence-corrected chi connectivity index (χ0v) is 13.1. The van der Waals surface area contributed by atoms with Crippen LogP contribution >= 0.6 is 11.5 Å². The van der Waals surface area contributed by atoms with Crippen LogP contribution in [0.25, 0.3) is 0 Å². The maximum atomic E-state index is 12.0. The molecule has 1 aliphatic rings. The van der Waals surface area contributed by atoms with E-state index in [-0.39, 0.29) is 11.8 Å². The number of aromatic nitrogens is 1. The number of nitrogen functional groups attached to an aromatic ring is 1. The van der Waals surface area contributed by atoms with Gasteiger partial charge in [-0.25, -0.2) is 4.79 Å². The van der Waals surface area contributed by atoms with Gasteiger partial charge in [-0.2, -0.15) is 4.37 Å². The predicted octanol–water partition coefficient (Wildman–Crippen LogP) is 1.43. The molecule has 2 rings (SSSR count). The highest BCUT2D eigenvalue weighted by molar-refractivity contribution is 7.11. The van der Waals surface area contributed by atoms with Gasteiger partial charge in [0.05, 0.1) is 6.61 Å². The quantitative estimate of drug-likeness (QED) is 0.848. The summed E-state index contributed by atoms with van der Waals surface area (Å²) in [7, 11) is 4.14. The first-order valence-electron chi connectivity index (χ1n) is 6.88. The Bertz CT molecular complexity index is 469. The Morgan fingerprint density at radius 3 is 2.80 bits per heavy atom. The zero-order valence-electron chi connectivity index (χ0n) is 12.3. The standard InChI is InChI=1S/C13H22N4O2S/c1-4-19-13(18)10-11(14)15-20-12(10)17(3)9-5-7-16(2)8-6-9/h9H,4-8H2,1-3H3,(H2,14,15). The molecule has 20 heavy (non-hydrogen) atoms. The number of ether oxygens (including phenoxy) is 1. The van der Waals surface area contributed by atoms with Gasteiger partial charge in [0.15, 0.2) is 5.82 Å². The number of nitrogens with zero attached hydrogens (tertiary/aromatic N) is 3. The van der Waals surface area contributed by atoms with Gasteiger partial charge in [0.1, 0.15) is 10.6 Å². The number of carbonyl (C=O) groups excluding carboxylic acids is 1. The molecule has 1 aromatic rings. The van der Waals surface area contributed by atoms with Crippen LogP contribution in [-0.2, 0) is 4.74 Å². The Kier molecular flexibility index (Phi) is 4.82. The second-order valence-corrected chi connectivity index (χ2v) is 5.87. The minimum Gasteiger partial charge on any atom is -0.462 e. The van der Waals surface area contributed by atoms with Crippen LogP contribution in [-0.4, -0.2) is 55.1 Å². The first-order chi connectivity index (χ1) is 9.54. The van der Waals surface area contributed by atoms with Gasteiger partial charge >= 0.3 is 5.97 Å². The Hall–Kier alpha value is -1.34. The summed E-state index contributed by atoms with van der Waals surface area (Å²) in [5.74, 6) is -0.114. The maximum Gasteiger partial charge on any atom is 0.345 e. The lowest BCUT2D eigenvalue weighted by Crippen LogP contribution is -2.42. The van der Waals surface area contributed by atoms with E-state index < -0.39 is 0 Å². The van der Waals surface area contributed by atoms with Gasteiger partial charge in [-0.15, -0.1) is 0 Å². The van der Waals surface area contributed by atoms with Crippen molar-refractivity contribution in [1.82, 2.24) is 9.27 Å². The monoisotopic (exact) mass is 298 g/mol. The highest BCUT2D eigenvalue weighted by Gasteiger charge is 2.28. The molecule has 0 atom stereocenters. The summed E-state index contributed by atoms with van der Waals surface area (Å²) in [5, 5.41) is 0.815. The van der Waals surface area contributed by atoms with Crippen molar-refractivity contribution >= 4 is 28.3 Å². The van der Waals surface area contributed by atoms with Gasteiger partial charge in [-0.3, -0.25) is 0 Å². The van der Waals surface area contributed by atoms with Crippen molar-refractivity contribution in [2.75, 3.05) is 44.4 Å². The zero-order chi connectivity index (χ0) is 14.7. The number of piperidine rings is 1. The van der Waals surface area contributed by atoms with Crippen molar-refractivity contribution in [2.45, 2.75) is 25.8 Å². The number of hydrogen-bond donors (Lipinski definition) is 1. The van der Waals surface area contributed by atoms with Crippen molar-refractivity contribution in [2.24, 2.45) is 0 Å². The van der Waals surface area contributed by atoms with Crippen molar-refractivity contribution in [1.29, 1.82) is 0 Å². The molecule has 0 aromatic carbocycles. The van der Waals surface area contributed by atoms with Crippen LogP contribution in [0.15, 0.2) is 0 Å². The number of anilines is 2. The second-order valence-electron chi connectivity index (χ2n) is 5.11. The molecule has 7 heteroatoms. The van der Waals surface area contributed by atoms with Crippen LogP contribution in [0.5, 0.6) is 0 Å². The van der Waals surface area contributed by atoms with Gasteiger partial charge in [0.25, 0.3) is 0 Å². The Balaban J connectivity index is 2.17. The van der Waals surface area contributed by atoms with E-state index in [4.69, 9.17) is 10.5 Å². The van der Waals surface area contributed by atoms with E-state index >= 15 is 0 Å². The molecule has 1 aromatic heterocycles. The van der Waals surface area contributed by atoms with Crippen LogP contribution in [0.4, 0.5) is 10.8 Å². The summed E-state index contributed by atoms with van der Waals surface area (Å²) in [6.07, 6.45) is 2.15. The highest BCUT2D eigenvalue weighted by Crippen LogP contribution is 2.33.